The molecule has 0 fully saturated rings. The van der Waals surface area contributed by atoms with E-state index in [1.165, 1.54) is 13.8 Å². The van der Waals surface area contributed by atoms with Crippen LogP contribution in [0.25, 0.3) is 0 Å². The van der Waals surface area contributed by atoms with Crippen molar-refractivity contribution < 1.29 is 41.7 Å². The summed E-state index contributed by atoms with van der Waals surface area (Å²) in [5.41, 5.74) is -1.12. The smallest absolute Gasteiger partial charge is 0.388 e. The van der Waals surface area contributed by atoms with Crippen LogP contribution >= 0.6 is 7.60 Å². The number of aliphatic hydroxyl groups is 1. The minimum atomic E-state index is -5.10. The molecule has 0 aliphatic rings. The Morgan fingerprint density at radius 3 is 1.51 bits per heavy atom. The van der Waals surface area contributed by atoms with Gasteiger partial charge in [0.15, 0.2) is 0 Å². The summed E-state index contributed by atoms with van der Waals surface area (Å²) in [6.45, 7) is 2.11. The number of aliphatic hydroxyl groups excluding tert-OH is 1. The summed E-state index contributed by atoms with van der Waals surface area (Å²) in [4.78, 5) is 0. The van der Waals surface area contributed by atoms with Gasteiger partial charge in [0.1, 0.15) is 24.4 Å². The lowest BCUT2D eigenvalue weighted by atomic mass is 9.99. The Balaban J connectivity index is 1.76. The van der Waals surface area contributed by atoms with Crippen molar-refractivity contribution >= 4 is 7.60 Å². The van der Waals surface area contributed by atoms with E-state index in [9.17, 15) is 9.67 Å². The number of halogens is 2. The number of hydrogen-bond acceptors (Lipinski definition) is 8. The Morgan fingerprint density at radius 2 is 1.06 bits per heavy atom. The first-order valence-electron chi connectivity index (χ1n) is 16.4. The quantitative estimate of drug-likeness (QED) is 0.0806. The molecule has 8 nitrogen and oxygen atoms in total. The van der Waals surface area contributed by atoms with Crippen LogP contribution in [0.2, 0.25) is 0 Å². The highest BCUT2D eigenvalue weighted by molar-refractivity contribution is 7.55. The molecule has 0 heterocycles. The zero-order valence-electron chi connectivity index (χ0n) is 27.9. The molecule has 4 atom stereocenters. The second kappa shape index (κ2) is 19.8. The number of ether oxygens (including phenoxy) is 3. The van der Waals surface area contributed by atoms with Gasteiger partial charge < -0.3 is 33.7 Å². The Hall–Kier alpha value is -3.31. The molecule has 4 aromatic carbocycles. The average Bonchev–Trinajstić information content (AvgIpc) is 3.12. The van der Waals surface area contributed by atoms with Crippen LogP contribution in [0.15, 0.2) is 121 Å². The van der Waals surface area contributed by atoms with Crippen molar-refractivity contribution in [3.8, 4) is 0 Å². The van der Waals surface area contributed by atoms with Crippen LogP contribution in [0, 0.1) is 0 Å². The Labute approximate surface area is 287 Å². The van der Waals surface area contributed by atoms with Crippen molar-refractivity contribution in [2.24, 2.45) is 0 Å². The largest absolute Gasteiger partial charge is 0.401 e. The second-order valence-electron chi connectivity index (χ2n) is 11.4. The first-order chi connectivity index (χ1) is 23.8. The van der Waals surface area contributed by atoms with E-state index in [0.29, 0.717) is 11.1 Å². The van der Waals surface area contributed by atoms with Crippen LogP contribution in [0.4, 0.5) is 8.78 Å². The van der Waals surface area contributed by atoms with Gasteiger partial charge in [0.05, 0.1) is 39.6 Å². The van der Waals surface area contributed by atoms with Gasteiger partial charge in [-0.25, -0.2) is 0 Å². The third-order valence-corrected chi connectivity index (χ3v) is 9.91. The summed E-state index contributed by atoms with van der Waals surface area (Å²) in [5, 5.41) is 14.6. The first kappa shape index (κ1) is 38.5. The summed E-state index contributed by atoms with van der Waals surface area (Å²) in [6.07, 6.45) is -4.42. The third kappa shape index (κ3) is 11.4. The molecule has 0 unspecified atom stereocenters. The Bertz CT molecular complexity index is 1510. The van der Waals surface area contributed by atoms with Crippen LogP contribution in [0.3, 0.4) is 0 Å². The molecule has 0 saturated carbocycles. The summed E-state index contributed by atoms with van der Waals surface area (Å²) in [6, 6.07) is 34.5. The Kier molecular flexibility index (Phi) is 15.5. The molecule has 0 saturated heterocycles. The zero-order chi connectivity index (χ0) is 35.0. The van der Waals surface area contributed by atoms with Crippen molar-refractivity contribution in [2.45, 2.75) is 70.2 Å². The molecule has 4 rings (SSSR count). The average molecular weight is 698 g/mol. The van der Waals surface area contributed by atoms with Gasteiger partial charge in [0.2, 0.25) is 0 Å². The van der Waals surface area contributed by atoms with E-state index in [0.717, 1.165) is 11.1 Å². The predicted octanol–water partition coefficient (Wildman–Crippen LogP) is 7.75. The minimum absolute atomic E-state index is 0.0298. The Morgan fingerprint density at radius 1 is 0.653 bits per heavy atom. The molecule has 0 aromatic heterocycles. The molecule has 264 valence electrons. The summed E-state index contributed by atoms with van der Waals surface area (Å²) < 4.78 is 77.0. The molecule has 2 N–H and O–H groups in total. The molecule has 49 heavy (non-hydrogen) atoms. The van der Waals surface area contributed by atoms with Gasteiger partial charge in [-0.2, -0.15) is 8.78 Å². The predicted molar refractivity (Wildman–Crippen MR) is 185 cm³/mol. The summed E-state index contributed by atoms with van der Waals surface area (Å²) >= 11 is 0. The van der Waals surface area contributed by atoms with Crippen LogP contribution in [0.1, 0.15) is 36.1 Å². The molecular formula is C38H46F2NO7P. The monoisotopic (exact) mass is 697 g/mol. The fourth-order valence-corrected chi connectivity index (χ4v) is 6.96. The lowest BCUT2D eigenvalue weighted by Gasteiger charge is -2.41. The maximum Gasteiger partial charge on any atom is 0.401 e. The maximum atomic E-state index is 17.0. The fourth-order valence-electron chi connectivity index (χ4n) is 5.29. The normalized spacial score (nSPS) is 14.6. The fraction of sp³-hybridized carbons (Fsp3) is 0.368. The van der Waals surface area contributed by atoms with Gasteiger partial charge >= 0.3 is 13.3 Å². The number of benzene rings is 4. The van der Waals surface area contributed by atoms with Crippen molar-refractivity contribution in [3.05, 3.63) is 144 Å². The molecule has 0 amide bonds. The van der Waals surface area contributed by atoms with Crippen molar-refractivity contribution in [3.63, 3.8) is 0 Å². The molecule has 0 aliphatic carbocycles. The highest BCUT2D eigenvalue weighted by atomic mass is 31.2. The number of rotatable bonds is 22. The molecule has 0 radical (unpaired) electrons. The maximum absolute atomic E-state index is 17.0. The minimum Gasteiger partial charge on any atom is -0.388 e. The molecule has 0 aliphatic heterocycles. The van der Waals surface area contributed by atoms with Crippen molar-refractivity contribution in [2.75, 3.05) is 19.8 Å². The van der Waals surface area contributed by atoms with Gasteiger partial charge in [0.25, 0.3) is 0 Å². The van der Waals surface area contributed by atoms with E-state index in [1.807, 2.05) is 84.9 Å². The first-order valence-corrected chi connectivity index (χ1v) is 18.0. The highest BCUT2D eigenvalue weighted by Crippen LogP contribution is 2.64. The lowest BCUT2D eigenvalue weighted by Crippen LogP contribution is -2.60. The van der Waals surface area contributed by atoms with Crippen LogP contribution in [-0.2, 0) is 54.2 Å². The second-order valence-corrected chi connectivity index (χ2v) is 13.5. The van der Waals surface area contributed by atoms with Gasteiger partial charge in [0, 0.05) is 6.54 Å². The van der Waals surface area contributed by atoms with E-state index in [4.69, 9.17) is 23.3 Å². The topological polar surface area (TPSA) is 95.5 Å². The summed E-state index contributed by atoms with van der Waals surface area (Å²) in [7, 11) is -5.10. The molecular weight excluding hydrogens is 651 g/mol. The van der Waals surface area contributed by atoms with Gasteiger partial charge in [-0.15, -0.1) is 0 Å². The molecule has 4 aromatic rings. The van der Waals surface area contributed by atoms with Gasteiger partial charge in [-0.1, -0.05) is 121 Å². The van der Waals surface area contributed by atoms with E-state index < -0.39 is 37.6 Å². The number of hydrogen-bond donors (Lipinski definition) is 2. The number of alkyl halides is 2. The SMILES string of the molecule is CCOP(=O)(OCC)C(F)(F)[C@H](NCc1ccccc1)[C@@H](OCc1ccccc1)[C@H](OCc1ccccc1)[C@@H](O)COCc1ccccc1. The van der Waals surface area contributed by atoms with Crippen LogP contribution < -0.4 is 5.32 Å². The third-order valence-electron chi connectivity index (χ3n) is 7.71. The van der Waals surface area contributed by atoms with Gasteiger partial charge in [-0.05, 0) is 36.1 Å². The molecule has 0 bridgehead atoms. The number of nitrogens with one attached hydrogen (secondary N) is 1. The van der Waals surface area contributed by atoms with Crippen LogP contribution in [0.5, 0.6) is 0 Å². The zero-order valence-corrected chi connectivity index (χ0v) is 28.8. The molecule has 11 heteroatoms. The lowest BCUT2D eigenvalue weighted by molar-refractivity contribution is -0.175. The standard InChI is InChI=1S/C38H46F2NO7P/c1-3-47-49(43,48-4-2)38(39,40)37(41-25-30-17-9-5-10-18-30)36(46-28-33-23-15-8-16-24-33)35(45-27-32-21-13-7-14-22-32)34(42)29-44-26-31-19-11-6-12-20-31/h5-24,34-37,41-42H,3-4,25-29H2,1-2H3/t34-,35+,36-,37+/m0/s1. The van der Waals surface area contributed by atoms with E-state index in [1.54, 1.807) is 36.4 Å². The van der Waals surface area contributed by atoms with E-state index >= 15 is 8.78 Å². The van der Waals surface area contributed by atoms with Crippen molar-refractivity contribution in [1.82, 2.24) is 5.32 Å². The van der Waals surface area contributed by atoms with E-state index in [2.05, 4.69) is 5.32 Å². The van der Waals surface area contributed by atoms with E-state index in [-0.39, 0.29) is 46.2 Å². The molecule has 0 spiro atoms. The highest BCUT2D eigenvalue weighted by Gasteiger charge is 2.62. The van der Waals surface area contributed by atoms with Gasteiger partial charge in [-0.3, -0.25) is 4.57 Å². The summed E-state index contributed by atoms with van der Waals surface area (Å²) in [5.74, 6) is 0. The van der Waals surface area contributed by atoms with Crippen molar-refractivity contribution in [1.29, 1.82) is 0 Å². The van der Waals surface area contributed by atoms with Crippen LogP contribution in [-0.4, -0.2) is 54.9 Å².